The zero-order valence-electron chi connectivity index (χ0n) is 15.8. The molecule has 1 heterocycles. The first-order valence-electron chi connectivity index (χ1n) is 9.61. The van der Waals surface area contributed by atoms with E-state index in [0.29, 0.717) is 5.75 Å². The van der Waals surface area contributed by atoms with Crippen LogP contribution in [0.15, 0.2) is 78.9 Å². The van der Waals surface area contributed by atoms with Gasteiger partial charge in [-0.1, -0.05) is 66.2 Å². The molecule has 3 aromatic rings. The lowest BCUT2D eigenvalue weighted by Crippen LogP contribution is -2.48. The molecule has 1 aliphatic heterocycles. The first-order chi connectivity index (χ1) is 13.2. The van der Waals surface area contributed by atoms with E-state index in [1.807, 2.05) is 18.2 Å². The highest BCUT2D eigenvalue weighted by atomic mass is 16.3. The van der Waals surface area contributed by atoms with Crippen molar-refractivity contribution in [2.45, 2.75) is 13.0 Å². The average Bonchev–Trinajstić information content (AvgIpc) is 2.72. The quantitative estimate of drug-likeness (QED) is 0.738. The maximum atomic E-state index is 10.5. The molecule has 0 bridgehead atoms. The fourth-order valence-corrected chi connectivity index (χ4v) is 3.93. The van der Waals surface area contributed by atoms with E-state index in [0.717, 1.165) is 31.7 Å². The van der Waals surface area contributed by atoms with Crippen LogP contribution in [0, 0.1) is 6.92 Å². The van der Waals surface area contributed by atoms with Crippen molar-refractivity contribution in [3.8, 4) is 5.75 Å². The lowest BCUT2D eigenvalue weighted by molar-refractivity contribution is 0.209. The Morgan fingerprint density at radius 1 is 0.741 bits per heavy atom. The molecule has 1 fully saturated rings. The first-order valence-corrected chi connectivity index (χ1v) is 9.61. The van der Waals surface area contributed by atoms with E-state index >= 15 is 0 Å². The molecule has 138 valence electrons. The number of hydrogen-bond donors (Lipinski definition) is 1. The summed E-state index contributed by atoms with van der Waals surface area (Å²) in [7, 11) is 0. The molecule has 0 saturated carbocycles. The molecule has 1 N–H and O–H groups in total. The first kappa shape index (κ1) is 17.6. The van der Waals surface area contributed by atoms with Crippen LogP contribution in [-0.4, -0.2) is 36.2 Å². The van der Waals surface area contributed by atoms with Crippen molar-refractivity contribution in [3.05, 3.63) is 95.6 Å². The normalized spacial score (nSPS) is 16.3. The predicted molar refractivity (Wildman–Crippen MR) is 111 cm³/mol. The number of nitrogens with zero attached hydrogens (tertiary/aromatic N) is 2. The SMILES string of the molecule is Cc1ccc([C@@H](c2ccccc2O)N2CCN(c3ccccc3)CC2)cc1. The fraction of sp³-hybridized carbons (Fsp3) is 0.250. The van der Waals surface area contributed by atoms with Gasteiger partial charge in [0.2, 0.25) is 0 Å². The van der Waals surface area contributed by atoms with Gasteiger partial charge >= 0.3 is 0 Å². The van der Waals surface area contributed by atoms with Gasteiger partial charge in [0.05, 0.1) is 6.04 Å². The molecule has 1 atom stereocenters. The van der Waals surface area contributed by atoms with Crippen molar-refractivity contribution in [3.63, 3.8) is 0 Å². The Balaban J connectivity index is 1.60. The van der Waals surface area contributed by atoms with Crippen LogP contribution in [0.25, 0.3) is 0 Å². The smallest absolute Gasteiger partial charge is 0.120 e. The van der Waals surface area contributed by atoms with E-state index < -0.39 is 0 Å². The Kier molecular flexibility index (Phi) is 5.12. The third kappa shape index (κ3) is 3.83. The highest BCUT2D eigenvalue weighted by molar-refractivity contribution is 5.47. The zero-order chi connectivity index (χ0) is 18.6. The van der Waals surface area contributed by atoms with Gasteiger partial charge in [-0.3, -0.25) is 4.90 Å². The van der Waals surface area contributed by atoms with Crippen molar-refractivity contribution in [1.29, 1.82) is 0 Å². The molecular weight excluding hydrogens is 332 g/mol. The minimum atomic E-state index is 0.0738. The lowest BCUT2D eigenvalue weighted by Gasteiger charge is -2.40. The predicted octanol–water partition coefficient (Wildman–Crippen LogP) is 4.61. The molecule has 3 heteroatoms. The van der Waals surface area contributed by atoms with Crippen molar-refractivity contribution >= 4 is 5.69 Å². The minimum Gasteiger partial charge on any atom is -0.508 e. The topological polar surface area (TPSA) is 26.7 Å². The van der Waals surface area contributed by atoms with Crippen LogP contribution in [0.2, 0.25) is 0 Å². The van der Waals surface area contributed by atoms with Crippen LogP contribution >= 0.6 is 0 Å². The molecule has 0 amide bonds. The summed E-state index contributed by atoms with van der Waals surface area (Å²) in [5, 5.41) is 10.5. The largest absolute Gasteiger partial charge is 0.508 e. The average molecular weight is 358 g/mol. The van der Waals surface area contributed by atoms with Crippen molar-refractivity contribution in [2.24, 2.45) is 0 Å². The highest BCUT2D eigenvalue weighted by Crippen LogP contribution is 2.35. The zero-order valence-corrected chi connectivity index (χ0v) is 15.8. The van der Waals surface area contributed by atoms with E-state index in [9.17, 15) is 5.11 Å². The van der Waals surface area contributed by atoms with E-state index in [-0.39, 0.29) is 6.04 Å². The molecule has 1 saturated heterocycles. The third-order valence-corrected chi connectivity index (χ3v) is 5.43. The van der Waals surface area contributed by atoms with Crippen molar-refractivity contribution in [1.82, 2.24) is 4.90 Å². The number of aryl methyl sites for hydroxylation is 1. The molecule has 1 aliphatic rings. The Labute approximate surface area is 161 Å². The molecule has 0 unspecified atom stereocenters. The summed E-state index contributed by atoms with van der Waals surface area (Å²) < 4.78 is 0. The summed E-state index contributed by atoms with van der Waals surface area (Å²) in [5.74, 6) is 0.369. The van der Waals surface area contributed by atoms with Gasteiger partial charge in [0.15, 0.2) is 0 Å². The van der Waals surface area contributed by atoms with Crippen molar-refractivity contribution in [2.75, 3.05) is 31.1 Å². The van der Waals surface area contributed by atoms with E-state index in [2.05, 4.69) is 71.3 Å². The van der Waals surface area contributed by atoms with Gasteiger partial charge < -0.3 is 10.0 Å². The Morgan fingerprint density at radius 3 is 2.04 bits per heavy atom. The molecule has 27 heavy (non-hydrogen) atoms. The van der Waals surface area contributed by atoms with Gasteiger partial charge in [-0.05, 0) is 30.7 Å². The Bertz CT molecular complexity index is 868. The number of rotatable bonds is 4. The molecule has 3 nitrogen and oxygen atoms in total. The molecule has 0 radical (unpaired) electrons. The number of phenolic OH excluding ortho intramolecular Hbond substituents is 1. The van der Waals surface area contributed by atoms with E-state index in [1.54, 1.807) is 6.07 Å². The fourth-order valence-electron chi connectivity index (χ4n) is 3.93. The van der Waals surface area contributed by atoms with Gasteiger partial charge in [0.1, 0.15) is 5.75 Å². The van der Waals surface area contributed by atoms with Gasteiger partial charge in [0.25, 0.3) is 0 Å². The van der Waals surface area contributed by atoms with Gasteiger partial charge in [-0.15, -0.1) is 0 Å². The molecular formula is C24H26N2O. The van der Waals surface area contributed by atoms with Crippen LogP contribution in [0.5, 0.6) is 5.75 Å². The Morgan fingerprint density at radius 2 is 1.37 bits per heavy atom. The van der Waals surface area contributed by atoms with Crippen LogP contribution in [0.4, 0.5) is 5.69 Å². The molecule has 0 aliphatic carbocycles. The van der Waals surface area contributed by atoms with Gasteiger partial charge in [-0.25, -0.2) is 0 Å². The van der Waals surface area contributed by atoms with Gasteiger partial charge in [-0.2, -0.15) is 0 Å². The number of aromatic hydroxyl groups is 1. The van der Waals surface area contributed by atoms with Crippen LogP contribution in [0.3, 0.4) is 0 Å². The summed E-state index contributed by atoms with van der Waals surface area (Å²) in [6, 6.07) is 27.1. The molecule has 0 aromatic heterocycles. The van der Waals surface area contributed by atoms with Gasteiger partial charge in [0, 0.05) is 37.4 Å². The Hall–Kier alpha value is -2.78. The summed E-state index contributed by atoms with van der Waals surface area (Å²) in [6.07, 6.45) is 0. The second kappa shape index (κ2) is 7.85. The number of para-hydroxylation sites is 2. The van der Waals surface area contributed by atoms with Crippen LogP contribution in [0.1, 0.15) is 22.7 Å². The summed E-state index contributed by atoms with van der Waals surface area (Å²) in [5.41, 5.74) is 4.75. The molecule has 4 rings (SSSR count). The number of piperazine rings is 1. The lowest BCUT2D eigenvalue weighted by atomic mass is 9.95. The second-order valence-corrected chi connectivity index (χ2v) is 7.23. The number of anilines is 1. The number of hydrogen-bond acceptors (Lipinski definition) is 3. The maximum Gasteiger partial charge on any atom is 0.120 e. The van der Waals surface area contributed by atoms with Crippen molar-refractivity contribution < 1.29 is 5.11 Å². The monoisotopic (exact) mass is 358 g/mol. The second-order valence-electron chi connectivity index (χ2n) is 7.23. The minimum absolute atomic E-state index is 0.0738. The maximum absolute atomic E-state index is 10.5. The number of benzene rings is 3. The van der Waals surface area contributed by atoms with Crippen LogP contribution < -0.4 is 4.90 Å². The summed E-state index contributed by atoms with van der Waals surface area (Å²) >= 11 is 0. The van der Waals surface area contributed by atoms with Crippen LogP contribution in [-0.2, 0) is 0 Å². The third-order valence-electron chi connectivity index (χ3n) is 5.43. The van der Waals surface area contributed by atoms with E-state index in [4.69, 9.17) is 0 Å². The highest BCUT2D eigenvalue weighted by Gasteiger charge is 2.28. The molecule has 3 aromatic carbocycles. The molecule has 0 spiro atoms. The standard InChI is InChI=1S/C24H26N2O/c1-19-11-13-20(14-12-19)24(22-9-5-6-10-23(22)27)26-17-15-25(16-18-26)21-7-3-2-4-8-21/h2-14,24,27H,15-18H2,1H3/t24-/m0/s1. The number of phenols is 1. The summed E-state index contributed by atoms with van der Waals surface area (Å²) in [4.78, 5) is 4.92. The summed E-state index contributed by atoms with van der Waals surface area (Å²) in [6.45, 7) is 6.00. The van der Waals surface area contributed by atoms with E-state index in [1.165, 1.54) is 16.8 Å².